The summed E-state index contributed by atoms with van der Waals surface area (Å²) in [5.41, 5.74) is 0.894. The Bertz CT molecular complexity index is 910. The smallest absolute Gasteiger partial charge is 0.415 e. The van der Waals surface area contributed by atoms with Crippen LogP contribution in [0.1, 0.15) is 35.2 Å². The van der Waals surface area contributed by atoms with Crippen molar-refractivity contribution in [1.82, 2.24) is 10.2 Å². The summed E-state index contributed by atoms with van der Waals surface area (Å²) in [6, 6.07) is 11.9. The SMILES string of the molecule is O=C(N[C@@H](Cc1ccc(OC(=O)N2CCCCC2)cc1)C(=O)O)c1ccccc1Cl. The Kier molecular flexibility index (Phi) is 7.30. The summed E-state index contributed by atoms with van der Waals surface area (Å²) < 4.78 is 5.38. The van der Waals surface area contributed by atoms with Gasteiger partial charge in [-0.3, -0.25) is 4.79 Å². The number of halogens is 1. The van der Waals surface area contributed by atoms with Crippen LogP contribution in [0, 0.1) is 0 Å². The Balaban J connectivity index is 1.60. The van der Waals surface area contributed by atoms with Gasteiger partial charge in [0.2, 0.25) is 0 Å². The van der Waals surface area contributed by atoms with Crippen molar-refractivity contribution in [2.24, 2.45) is 0 Å². The highest BCUT2D eigenvalue weighted by molar-refractivity contribution is 6.33. The van der Waals surface area contributed by atoms with E-state index in [1.807, 2.05) is 0 Å². The molecule has 0 aliphatic carbocycles. The van der Waals surface area contributed by atoms with Crippen LogP contribution in [0.25, 0.3) is 0 Å². The third-order valence-electron chi connectivity index (χ3n) is 4.90. The number of nitrogens with one attached hydrogen (secondary N) is 1. The number of amides is 2. The van der Waals surface area contributed by atoms with Crippen molar-refractivity contribution >= 4 is 29.6 Å². The minimum Gasteiger partial charge on any atom is -0.480 e. The third-order valence-corrected chi connectivity index (χ3v) is 5.23. The minimum atomic E-state index is -1.16. The van der Waals surface area contributed by atoms with E-state index in [0.29, 0.717) is 24.4 Å². The molecule has 8 heteroatoms. The van der Waals surface area contributed by atoms with Gasteiger partial charge in [0.1, 0.15) is 11.8 Å². The molecule has 1 atom stereocenters. The fourth-order valence-electron chi connectivity index (χ4n) is 3.25. The van der Waals surface area contributed by atoms with E-state index in [0.717, 1.165) is 19.3 Å². The van der Waals surface area contributed by atoms with E-state index < -0.39 is 17.9 Å². The second-order valence-corrected chi connectivity index (χ2v) is 7.52. The molecule has 158 valence electrons. The first-order valence-electron chi connectivity index (χ1n) is 9.78. The molecule has 1 fully saturated rings. The lowest BCUT2D eigenvalue weighted by Crippen LogP contribution is -2.42. The van der Waals surface area contributed by atoms with E-state index in [1.54, 1.807) is 47.4 Å². The first kappa shape index (κ1) is 21.6. The highest BCUT2D eigenvalue weighted by atomic mass is 35.5. The fraction of sp³-hybridized carbons (Fsp3) is 0.318. The fourth-order valence-corrected chi connectivity index (χ4v) is 3.47. The highest BCUT2D eigenvalue weighted by Gasteiger charge is 2.23. The number of carboxylic acid groups (broad SMARTS) is 1. The van der Waals surface area contributed by atoms with Gasteiger partial charge in [-0.2, -0.15) is 0 Å². The molecule has 2 amide bonds. The van der Waals surface area contributed by atoms with Crippen molar-refractivity contribution in [2.75, 3.05) is 13.1 Å². The normalized spacial score (nSPS) is 14.6. The molecule has 1 saturated heterocycles. The van der Waals surface area contributed by atoms with Gasteiger partial charge in [0.05, 0.1) is 10.6 Å². The summed E-state index contributed by atoms with van der Waals surface area (Å²) in [4.78, 5) is 37.8. The summed E-state index contributed by atoms with van der Waals surface area (Å²) in [6.45, 7) is 1.39. The maximum absolute atomic E-state index is 12.4. The van der Waals surface area contributed by atoms with Crippen LogP contribution >= 0.6 is 11.6 Å². The van der Waals surface area contributed by atoms with Crippen LogP contribution in [-0.2, 0) is 11.2 Å². The Labute approximate surface area is 179 Å². The van der Waals surface area contributed by atoms with Crippen LogP contribution in [0.15, 0.2) is 48.5 Å². The molecule has 0 spiro atoms. The number of hydrogen-bond donors (Lipinski definition) is 2. The molecule has 0 unspecified atom stereocenters. The average molecular weight is 431 g/mol. The van der Waals surface area contributed by atoms with Gasteiger partial charge in [-0.15, -0.1) is 0 Å². The van der Waals surface area contributed by atoms with E-state index in [2.05, 4.69) is 5.32 Å². The molecule has 1 aliphatic heterocycles. The number of piperidine rings is 1. The molecule has 0 bridgehead atoms. The van der Waals surface area contributed by atoms with Crippen LogP contribution in [0.2, 0.25) is 5.02 Å². The highest BCUT2D eigenvalue weighted by Crippen LogP contribution is 2.18. The van der Waals surface area contributed by atoms with Crippen molar-refractivity contribution in [3.8, 4) is 5.75 Å². The van der Waals surface area contributed by atoms with Crippen molar-refractivity contribution in [1.29, 1.82) is 0 Å². The molecule has 2 N–H and O–H groups in total. The molecule has 0 aromatic heterocycles. The number of benzene rings is 2. The predicted molar refractivity (Wildman–Crippen MR) is 112 cm³/mol. The van der Waals surface area contributed by atoms with Crippen LogP contribution in [0.5, 0.6) is 5.75 Å². The molecule has 1 heterocycles. The molecule has 7 nitrogen and oxygen atoms in total. The van der Waals surface area contributed by atoms with E-state index >= 15 is 0 Å². The van der Waals surface area contributed by atoms with Gasteiger partial charge in [0.15, 0.2) is 0 Å². The van der Waals surface area contributed by atoms with E-state index in [9.17, 15) is 19.5 Å². The topological polar surface area (TPSA) is 95.9 Å². The summed E-state index contributed by atoms with van der Waals surface area (Å²) in [7, 11) is 0. The van der Waals surface area contributed by atoms with Crippen molar-refractivity contribution in [2.45, 2.75) is 31.7 Å². The second-order valence-electron chi connectivity index (χ2n) is 7.11. The summed E-state index contributed by atoms with van der Waals surface area (Å²) in [5.74, 6) is -1.32. The average Bonchev–Trinajstić information content (AvgIpc) is 2.75. The van der Waals surface area contributed by atoms with Gasteiger partial charge in [-0.25, -0.2) is 9.59 Å². The third kappa shape index (κ3) is 5.73. The number of rotatable bonds is 6. The number of hydrogen-bond acceptors (Lipinski definition) is 4. The lowest BCUT2D eigenvalue weighted by molar-refractivity contribution is -0.139. The first-order valence-corrected chi connectivity index (χ1v) is 10.2. The Morgan fingerprint density at radius 3 is 2.33 bits per heavy atom. The monoisotopic (exact) mass is 430 g/mol. The Hall–Kier alpha value is -3.06. The maximum Gasteiger partial charge on any atom is 0.415 e. The second kappa shape index (κ2) is 10.1. The molecule has 2 aromatic rings. The summed E-state index contributed by atoms with van der Waals surface area (Å²) in [6.07, 6.45) is 2.77. The van der Waals surface area contributed by atoms with Gasteiger partial charge in [-0.1, -0.05) is 35.9 Å². The predicted octanol–water partition coefficient (Wildman–Crippen LogP) is 3.75. The van der Waals surface area contributed by atoms with E-state index in [-0.39, 0.29) is 23.1 Å². The van der Waals surface area contributed by atoms with Gasteiger partial charge in [0, 0.05) is 19.5 Å². The zero-order valence-corrected chi connectivity index (χ0v) is 17.1. The Morgan fingerprint density at radius 2 is 1.70 bits per heavy atom. The van der Waals surface area contributed by atoms with Crippen LogP contribution in [0.4, 0.5) is 4.79 Å². The number of ether oxygens (including phenoxy) is 1. The van der Waals surface area contributed by atoms with E-state index in [4.69, 9.17) is 16.3 Å². The van der Waals surface area contributed by atoms with Crippen LogP contribution in [-0.4, -0.2) is 47.1 Å². The molecule has 30 heavy (non-hydrogen) atoms. The molecule has 0 saturated carbocycles. The molecule has 3 rings (SSSR count). The number of carbonyl (C=O) groups is 3. The zero-order chi connectivity index (χ0) is 21.5. The lowest BCUT2D eigenvalue weighted by atomic mass is 10.1. The largest absolute Gasteiger partial charge is 0.480 e. The maximum atomic E-state index is 12.4. The summed E-state index contributed by atoms with van der Waals surface area (Å²) >= 11 is 6.00. The Morgan fingerprint density at radius 1 is 1.03 bits per heavy atom. The van der Waals surface area contributed by atoms with Gasteiger partial charge in [0.25, 0.3) is 5.91 Å². The molecular formula is C22H23ClN2O5. The number of aliphatic carboxylic acids is 1. The van der Waals surface area contributed by atoms with Crippen molar-refractivity contribution in [3.05, 3.63) is 64.7 Å². The molecule has 0 radical (unpaired) electrons. The molecular weight excluding hydrogens is 408 g/mol. The van der Waals surface area contributed by atoms with Crippen molar-refractivity contribution < 1.29 is 24.2 Å². The summed E-state index contributed by atoms with van der Waals surface area (Å²) in [5, 5.41) is 12.2. The van der Waals surface area contributed by atoms with Crippen LogP contribution < -0.4 is 10.1 Å². The number of nitrogens with zero attached hydrogens (tertiary/aromatic N) is 1. The number of likely N-dealkylation sites (tertiary alicyclic amines) is 1. The van der Waals surface area contributed by atoms with Crippen molar-refractivity contribution in [3.63, 3.8) is 0 Å². The quantitative estimate of drug-likeness (QED) is 0.727. The number of carboxylic acids is 1. The zero-order valence-electron chi connectivity index (χ0n) is 16.3. The van der Waals surface area contributed by atoms with Gasteiger partial charge >= 0.3 is 12.1 Å². The first-order chi connectivity index (χ1) is 14.4. The molecule has 1 aliphatic rings. The van der Waals surface area contributed by atoms with Crippen LogP contribution in [0.3, 0.4) is 0 Å². The standard InChI is InChI=1S/C22H23ClN2O5/c23-18-7-3-2-6-17(18)20(26)24-19(21(27)28)14-15-8-10-16(11-9-15)30-22(29)25-12-4-1-5-13-25/h2-3,6-11,19H,1,4-5,12-14H2,(H,24,26)(H,27,28)/t19-/m0/s1. The lowest BCUT2D eigenvalue weighted by Gasteiger charge is -2.25. The molecule has 2 aromatic carbocycles. The number of carbonyl (C=O) groups excluding carboxylic acids is 2. The van der Waals surface area contributed by atoms with E-state index in [1.165, 1.54) is 6.07 Å². The minimum absolute atomic E-state index is 0.0753. The van der Waals surface area contributed by atoms with Gasteiger partial charge in [-0.05, 0) is 49.1 Å². The van der Waals surface area contributed by atoms with Gasteiger partial charge < -0.3 is 20.1 Å².